The lowest BCUT2D eigenvalue weighted by Crippen LogP contribution is -2.29. The molecule has 0 radical (unpaired) electrons. The molecule has 33 heavy (non-hydrogen) atoms. The predicted octanol–water partition coefficient (Wildman–Crippen LogP) is 5.54. The van der Waals surface area contributed by atoms with Crippen molar-refractivity contribution in [3.8, 4) is 5.69 Å². The van der Waals surface area contributed by atoms with E-state index in [0.29, 0.717) is 16.1 Å². The smallest absolute Gasteiger partial charge is 0.263 e. The Kier molecular flexibility index (Phi) is 6.29. The quantitative estimate of drug-likeness (QED) is 0.294. The summed E-state index contributed by atoms with van der Waals surface area (Å²) in [7, 11) is 0. The molecule has 1 N–H and O–H groups in total. The third-order valence-corrected chi connectivity index (χ3v) is 8.45. The zero-order valence-corrected chi connectivity index (χ0v) is 19.8. The van der Waals surface area contributed by atoms with Crippen LogP contribution in [0.25, 0.3) is 5.69 Å². The molecule has 5 rings (SSSR count). The Labute approximate surface area is 200 Å². The van der Waals surface area contributed by atoms with Crippen LogP contribution in [-0.4, -0.2) is 26.5 Å². The van der Waals surface area contributed by atoms with Crippen molar-refractivity contribution >= 4 is 35.1 Å². The van der Waals surface area contributed by atoms with Crippen molar-refractivity contribution in [2.24, 2.45) is 0 Å². The minimum absolute atomic E-state index is 0.0195. The van der Waals surface area contributed by atoms with E-state index in [-0.39, 0.29) is 29.0 Å². The van der Waals surface area contributed by atoms with Crippen LogP contribution in [0.4, 0.5) is 10.1 Å². The zero-order chi connectivity index (χ0) is 22.9. The molecule has 0 spiro atoms. The molecule has 5 nitrogen and oxygen atoms in total. The van der Waals surface area contributed by atoms with Crippen molar-refractivity contribution in [2.75, 3.05) is 11.1 Å². The summed E-state index contributed by atoms with van der Waals surface area (Å²) in [6, 6.07) is 13.4. The number of aryl methyl sites for hydroxylation is 1. The first-order chi connectivity index (χ1) is 16.0. The maximum Gasteiger partial charge on any atom is 0.263 e. The van der Waals surface area contributed by atoms with Gasteiger partial charge in [-0.2, -0.15) is 0 Å². The van der Waals surface area contributed by atoms with E-state index >= 15 is 0 Å². The molecule has 2 heterocycles. The minimum Gasteiger partial charge on any atom is -0.325 e. The van der Waals surface area contributed by atoms with E-state index < -0.39 is 0 Å². The molecule has 170 valence electrons. The first-order valence-corrected chi connectivity index (χ1v) is 12.9. The van der Waals surface area contributed by atoms with E-state index in [1.807, 2.05) is 31.2 Å². The molecule has 2 aromatic carbocycles. The van der Waals surface area contributed by atoms with E-state index in [2.05, 4.69) is 5.32 Å². The average molecular weight is 482 g/mol. The Morgan fingerprint density at radius 3 is 2.79 bits per heavy atom. The number of hydrogen-bond donors (Lipinski definition) is 1. The maximum absolute atomic E-state index is 13.8. The second-order valence-corrected chi connectivity index (χ2v) is 10.7. The number of carbonyl (C=O) groups excluding carboxylic acids is 1. The number of halogens is 1. The third-order valence-electron chi connectivity index (χ3n) is 6.11. The number of thioether (sulfide) groups is 2. The lowest BCUT2D eigenvalue weighted by atomic mass is 9.85. The molecule has 8 heteroatoms. The standard InChI is InChI=1S/C25H24FN3O2S2/c1-15-5-4-6-18(13-15)29-24(31)22-19-7-2-3-8-20(19)33-23(22)28-25(29)32-14-21(30)27-17-11-9-16(26)10-12-17/h4-6,9-13,19-20H,2-3,7-8,14H2,1H3,(H,27,30)/t19-,20-/m1/s1. The maximum atomic E-state index is 13.8. The molecule has 1 aromatic heterocycles. The summed E-state index contributed by atoms with van der Waals surface area (Å²) in [5.41, 5.74) is 3.16. The SMILES string of the molecule is Cc1cccc(-n2c(SCC(=O)Nc3ccc(F)cc3)nc3c(c2=O)[C@@H]2CCCC[C@H]2S3)c1. The fourth-order valence-corrected chi connectivity index (χ4v) is 6.94. The van der Waals surface area contributed by atoms with E-state index in [1.165, 1.54) is 42.4 Å². The van der Waals surface area contributed by atoms with Gasteiger partial charge in [-0.1, -0.05) is 36.7 Å². The van der Waals surface area contributed by atoms with Crippen molar-refractivity contribution in [1.82, 2.24) is 9.55 Å². The highest BCUT2D eigenvalue weighted by Gasteiger charge is 2.39. The Balaban J connectivity index is 1.47. The van der Waals surface area contributed by atoms with Crippen LogP contribution < -0.4 is 10.9 Å². The molecule has 1 aliphatic heterocycles. The molecule has 0 unspecified atom stereocenters. The van der Waals surface area contributed by atoms with Crippen molar-refractivity contribution in [1.29, 1.82) is 0 Å². The highest BCUT2D eigenvalue weighted by atomic mass is 32.2. The molecular formula is C25H24FN3O2S2. The normalized spacial score (nSPS) is 19.1. The molecule has 1 amide bonds. The number of aromatic nitrogens is 2. The van der Waals surface area contributed by atoms with Crippen molar-refractivity contribution < 1.29 is 9.18 Å². The number of benzene rings is 2. The first-order valence-electron chi connectivity index (χ1n) is 11.1. The molecule has 2 atom stereocenters. The highest BCUT2D eigenvalue weighted by molar-refractivity contribution is 8.00. The van der Waals surface area contributed by atoms with E-state index in [4.69, 9.17) is 4.98 Å². The number of nitrogens with zero attached hydrogens (tertiary/aromatic N) is 2. The van der Waals surface area contributed by atoms with Crippen LogP contribution >= 0.6 is 23.5 Å². The Hall–Kier alpha value is -2.58. The monoisotopic (exact) mass is 481 g/mol. The van der Waals surface area contributed by atoms with Crippen LogP contribution in [-0.2, 0) is 4.79 Å². The summed E-state index contributed by atoms with van der Waals surface area (Å²) in [5.74, 6) is -0.245. The second-order valence-electron chi connectivity index (χ2n) is 8.48. The average Bonchev–Trinajstić information content (AvgIpc) is 3.18. The fourth-order valence-electron chi connectivity index (χ4n) is 4.57. The number of carbonyl (C=O) groups is 1. The molecule has 2 aliphatic rings. The van der Waals surface area contributed by atoms with Crippen LogP contribution in [0.2, 0.25) is 0 Å². The molecule has 1 fully saturated rings. The van der Waals surface area contributed by atoms with Crippen molar-refractivity contribution in [3.05, 3.63) is 75.8 Å². The van der Waals surface area contributed by atoms with Crippen LogP contribution in [0.15, 0.2) is 63.5 Å². The van der Waals surface area contributed by atoms with Gasteiger partial charge in [0.05, 0.1) is 17.0 Å². The molecule has 1 saturated carbocycles. The highest BCUT2D eigenvalue weighted by Crippen LogP contribution is 2.50. The molecule has 3 aromatic rings. The largest absolute Gasteiger partial charge is 0.325 e. The first kappa shape index (κ1) is 22.2. The van der Waals surface area contributed by atoms with E-state index in [9.17, 15) is 14.0 Å². The van der Waals surface area contributed by atoms with E-state index in [0.717, 1.165) is 41.1 Å². The number of rotatable bonds is 5. The van der Waals surface area contributed by atoms with Crippen LogP contribution in [0.3, 0.4) is 0 Å². The van der Waals surface area contributed by atoms with Gasteiger partial charge in [0, 0.05) is 16.9 Å². The summed E-state index contributed by atoms with van der Waals surface area (Å²) in [5, 5.41) is 4.53. The van der Waals surface area contributed by atoms with Gasteiger partial charge in [0.25, 0.3) is 5.56 Å². The summed E-state index contributed by atoms with van der Waals surface area (Å²) in [6.45, 7) is 1.99. The van der Waals surface area contributed by atoms with Gasteiger partial charge in [0.1, 0.15) is 10.8 Å². The molecule has 1 aliphatic carbocycles. The van der Waals surface area contributed by atoms with Crippen molar-refractivity contribution in [2.45, 2.75) is 54.0 Å². The molecule has 0 saturated heterocycles. The Morgan fingerprint density at radius 1 is 1.21 bits per heavy atom. The Morgan fingerprint density at radius 2 is 2.00 bits per heavy atom. The Bertz CT molecular complexity index is 1260. The van der Waals surface area contributed by atoms with Gasteiger partial charge in [-0.15, -0.1) is 11.8 Å². The number of hydrogen-bond acceptors (Lipinski definition) is 5. The fraction of sp³-hybridized carbons (Fsp3) is 0.320. The van der Waals surface area contributed by atoms with Gasteiger partial charge in [0.2, 0.25) is 5.91 Å². The molecule has 0 bridgehead atoms. The van der Waals surface area contributed by atoms with Crippen LogP contribution in [0.5, 0.6) is 0 Å². The summed E-state index contributed by atoms with van der Waals surface area (Å²) < 4.78 is 14.8. The zero-order valence-electron chi connectivity index (χ0n) is 18.2. The molecular weight excluding hydrogens is 457 g/mol. The van der Waals surface area contributed by atoms with Gasteiger partial charge < -0.3 is 5.32 Å². The number of nitrogens with one attached hydrogen (secondary N) is 1. The number of anilines is 1. The summed E-state index contributed by atoms with van der Waals surface area (Å²) >= 11 is 2.96. The number of amides is 1. The third kappa shape index (κ3) is 4.59. The van der Waals surface area contributed by atoms with Gasteiger partial charge >= 0.3 is 0 Å². The number of fused-ring (bicyclic) bond motifs is 3. The van der Waals surface area contributed by atoms with Crippen LogP contribution in [0, 0.1) is 12.7 Å². The topological polar surface area (TPSA) is 64.0 Å². The van der Waals surface area contributed by atoms with Crippen molar-refractivity contribution in [3.63, 3.8) is 0 Å². The van der Waals surface area contributed by atoms with Gasteiger partial charge in [-0.25, -0.2) is 9.37 Å². The second kappa shape index (κ2) is 9.35. The minimum atomic E-state index is -0.357. The summed E-state index contributed by atoms with van der Waals surface area (Å²) in [6.07, 6.45) is 4.48. The lowest BCUT2D eigenvalue weighted by Gasteiger charge is -2.24. The van der Waals surface area contributed by atoms with Gasteiger partial charge in [-0.3, -0.25) is 14.2 Å². The van der Waals surface area contributed by atoms with Gasteiger partial charge in [-0.05, 0) is 61.7 Å². The lowest BCUT2D eigenvalue weighted by molar-refractivity contribution is -0.113. The van der Waals surface area contributed by atoms with E-state index in [1.54, 1.807) is 16.3 Å². The van der Waals surface area contributed by atoms with Crippen LogP contribution in [0.1, 0.15) is 42.7 Å². The predicted molar refractivity (Wildman–Crippen MR) is 131 cm³/mol. The van der Waals surface area contributed by atoms with Gasteiger partial charge in [0.15, 0.2) is 5.16 Å². The summed E-state index contributed by atoms with van der Waals surface area (Å²) in [4.78, 5) is 31.2.